The summed E-state index contributed by atoms with van der Waals surface area (Å²) in [5.41, 5.74) is 5.56. The van der Waals surface area contributed by atoms with Gasteiger partial charge in [-0.1, -0.05) is 23.7 Å². The summed E-state index contributed by atoms with van der Waals surface area (Å²) >= 11 is 6.07. The van der Waals surface area contributed by atoms with Gasteiger partial charge in [-0.15, -0.1) is 0 Å². The number of aliphatic hydroxyl groups is 2. The highest BCUT2D eigenvalue weighted by atomic mass is 35.5. The van der Waals surface area contributed by atoms with Crippen molar-refractivity contribution in [2.45, 2.75) is 37.5 Å². The van der Waals surface area contributed by atoms with Crippen molar-refractivity contribution in [2.75, 3.05) is 5.32 Å². The van der Waals surface area contributed by atoms with Crippen LogP contribution in [0.2, 0.25) is 5.15 Å². The molecule has 1 aromatic carbocycles. The standard InChI is InChI=1S/C19H20ClN5O4/c1-19(28)13(26)18(25-6-5-12-15(20)22-9-23-16(12)25)29-14(19)17(27)24-11-4-2-3-10(7-11)8-21/h2-7,9,13-14,18,26,28H,8,21H2,1H3,(H,24,27). The predicted octanol–water partition coefficient (Wildman–Crippen LogP) is 1.19. The molecule has 1 saturated heterocycles. The molecule has 1 fully saturated rings. The molecule has 0 radical (unpaired) electrons. The molecule has 0 aliphatic carbocycles. The first-order valence-electron chi connectivity index (χ1n) is 8.95. The van der Waals surface area contributed by atoms with E-state index < -0.39 is 29.9 Å². The van der Waals surface area contributed by atoms with Gasteiger partial charge in [0.2, 0.25) is 0 Å². The lowest BCUT2D eigenvalue weighted by Crippen LogP contribution is -2.49. The van der Waals surface area contributed by atoms with Crippen LogP contribution in [0.15, 0.2) is 42.9 Å². The Balaban J connectivity index is 1.62. The van der Waals surface area contributed by atoms with E-state index in [1.54, 1.807) is 30.5 Å². The van der Waals surface area contributed by atoms with Gasteiger partial charge >= 0.3 is 0 Å². The molecule has 3 aromatic rings. The maximum Gasteiger partial charge on any atom is 0.256 e. The zero-order valence-electron chi connectivity index (χ0n) is 15.5. The van der Waals surface area contributed by atoms with Crippen LogP contribution >= 0.6 is 11.6 Å². The van der Waals surface area contributed by atoms with Crippen LogP contribution in [-0.2, 0) is 16.1 Å². The number of halogens is 1. The topological polar surface area (TPSA) is 136 Å². The first kappa shape index (κ1) is 19.7. The van der Waals surface area contributed by atoms with Crippen LogP contribution in [0.1, 0.15) is 18.7 Å². The third-order valence-electron chi connectivity index (χ3n) is 5.08. The Morgan fingerprint density at radius 1 is 1.41 bits per heavy atom. The molecule has 0 spiro atoms. The number of nitrogens with one attached hydrogen (secondary N) is 1. The Labute approximate surface area is 171 Å². The third kappa shape index (κ3) is 3.37. The first-order valence-corrected chi connectivity index (χ1v) is 9.33. The summed E-state index contributed by atoms with van der Waals surface area (Å²) in [6.45, 7) is 1.68. The molecular weight excluding hydrogens is 398 g/mol. The van der Waals surface area contributed by atoms with E-state index in [2.05, 4.69) is 15.3 Å². The van der Waals surface area contributed by atoms with Gasteiger partial charge < -0.3 is 30.6 Å². The molecule has 1 aliphatic heterocycles. The van der Waals surface area contributed by atoms with E-state index >= 15 is 0 Å². The maximum absolute atomic E-state index is 12.8. The lowest BCUT2D eigenvalue weighted by atomic mass is 9.94. The normalized spacial score (nSPS) is 26.7. The average Bonchev–Trinajstić information content (AvgIpc) is 3.22. The molecule has 1 amide bonds. The number of aromatic nitrogens is 3. The molecule has 9 nitrogen and oxygen atoms in total. The smallest absolute Gasteiger partial charge is 0.256 e. The molecule has 4 rings (SSSR count). The zero-order chi connectivity index (χ0) is 20.8. The monoisotopic (exact) mass is 417 g/mol. The number of carbonyl (C=O) groups is 1. The van der Waals surface area contributed by atoms with Crippen LogP contribution in [0.5, 0.6) is 0 Å². The van der Waals surface area contributed by atoms with E-state index in [-0.39, 0.29) is 5.15 Å². The summed E-state index contributed by atoms with van der Waals surface area (Å²) in [5, 5.41) is 25.1. The van der Waals surface area contributed by atoms with Gasteiger partial charge in [-0.3, -0.25) is 4.79 Å². The van der Waals surface area contributed by atoms with E-state index in [1.807, 2.05) is 6.07 Å². The van der Waals surface area contributed by atoms with Gasteiger partial charge in [0.25, 0.3) is 5.91 Å². The predicted molar refractivity (Wildman–Crippen MR) is 106 cm³/mol. The summed E-state index contributed by atoms with van der Waals surface area (Å²) in [6, 6.07) is 8.70. The number of anilines is 1. The molecule has 152 valence electrons. The fraction of sp³-hybridized carbons (Fsp3) is 0.316. The SMILES string of the molecule is CC1(O)C(C(=O)Nc2cccc(CN)c2)OC(n2ccc3c(Cl)ncnc32)C1O. The minimum Gasteiger partial charge on any atom is -0.385 e. The van der Waals surface area contributed by atoms with Gasteiger partial charge in [0, 0.05) is 18.4 Å². The van der Waals surface area contributed by atoms with Crippen LogP contribution < -0.4 is 11.1 Å². The van der Waals surface area contributed by atoms with E-state index in [0.29, 0.717) is 23.3 Å². The first-order chi connectivity index (χ1) is 13.8. The highest BCUT2D eigenvalue weighted by Crippen LogP contribution is 2.39. The van der Waals surface area contributed by atoms with Gasteiger partial charge in [-0.05, 0) is 30.7 Å². The Morgan fingerprint density at radius 3 is 2.97 bits per heavy atom. The number of carbonyl (C=O) groups excluding carboxylic acids is 1. The zero-order valence-corrected chi connectivity index (χ0v) is 16.2. The second kappa shape index (κ2) is 7.36. The quantitative estimate of drug-likeness (QED) is 0.468. The number of fused-ring (bicyclic) bond motifs is 1. The Kier molecular flexibility index (Phi) is 5.01. The highest BCUT2D eigenvalue weighted by molar-refractivity contribution is 6.33. The van der Waals surface area contributed by atoms with Gasteiger partial charge in [-0.25, -0.2) is 9.97 Å². The molecule has 2 aromatic heterocycles. The second-order valence-corrected chi connectivity index (χ2v) is 7.45. The van der Waals surface area contributed by atoms with Crippen molar-refractivity contribution in [1.82, 2.24) is 14.5 Å². The molecule has 3 heterocycles. The van der Waals surface area contributed by atoms with Crippen LogP contribution in [-0.4, -0.2) is 48.5 Å². The van der Waals surface area contributed by atoms with Crippen molar-refractivity contribution in [3.63, 3.8) is 0 Å². The van der Waals surface area contributed by atoms with Crippen LogP contribution in [0.4, 0.5) is 5.69 Å². The largest absolute Gasteiger partial charge is 0.385 e. The number of amides is 1. The van der Waals surface area contributed by atoms with Crippen LogP contribution in [0, 0.1) is 0 Å². The summed E-state index contributed by atoms with van der Waals surface area (Å²) < 4.78 is 7.31. The Hall–Kier alpha value is -2.56. The molecule has 0 saturated carbocycles. The Morgan fingerprint density at radius 2 is 2.21 bits per heavy atom. The maximum atomic E-state index is 12.8. The van der Waals surface area contributed by atoms with Crippen molar-refractivity contribution < 1.29 is 19.7 Å². The van der Waals surface area contributed by atoms with Crippen molar-refractivity contribution in [3.8, 4) is 0 Å². The highest BCUT2D eigenvalue weighted by Gasteiger charge is 2.56. The van der Waals surface area contributed by atoms with E-state index in [9.17, 15) is 15.0 Å². The van der Waals surface area contributed by atoms with Gasteiger partial charge in [-0.2, -0.15) is 0 Å². The van der Waals surface area contributed by atoms with Crippen molar-refractivity contribution in [1.29, 1.82) is 0 Å². The molecular formula is C19H20ClN5O4. The van der Waals surface area contributed by atoms with Crippen molar-refractivity contribution in [2.24, 2.45) is 5.73 Å². The molecule has 29 heavy (non-hydrogen) atoms. The molecule has 4 atom stereocenters. The minimum atomic E-state index is -1.84. The van der Waals surface area contributed by atoms with Crippen molar-refractivity contribution in [3.05, 3.63) is 53.6 Å². The number of benzene rings is 1. The fourth-order valence-electron chi connectivity index (χ4n) is 3.47. The fourth-order valence-corrected chi connectivity index (χ4v) is 3.66. The third-order valence-corrected chi connectivity index (χ3v) is 5.38. The summed E-state index contributed by atoms with van der Waals surface area (Å²) in [7, 11) is 0. The number of hydrogen-bond acceptors (Lipinski definition) is 7. The number of nitrogens with zero attached hydrogens (tertiary/aromatic N) is 3. The summed E-state index contributed by atoms with van der Waals surface area (Å²) in [5.74, 6) is -0.588. The van der Waals surface area contributed by atoms with Crippen LogP contribution in [0.25, 0.3) is 11.0 Å². The number of hydrogen-bond donors (Lipinski definition) is 4. The molecule has 4 unspecified atom stereocenters. The molecule has 5 N–H and O–H groups in total. The van der Waals surface area contributed by atoms with Gasteiger partial charge in [0.1, 0.15) is 28.8 Å². The number of rotatable bonds is 4. The number of aliphatic hydroxyl groups excluding tert-OH is 1. The summed E-state index contributed by atoms with van der Waals surface area (Å²) in [6.07, 6.45) is -0.855. The van der Waals surface area contributed by atoms with Crippen LogP contribution in [0.3, 0.4) is 0 Å². The van der Waals surface area contributed by atoms with Crippen molar-refractivity contribution >= 4 is 34.2 Å². The number of nitrogens with two attached hydrogens (primary N) is 1. The second-order valence-electron chi connectivity index (χ2n) is 7.10. The van der Waals surface area contributed by atoms with Gasteiger partial charge in [0.05, 0.1) is 5.39 Å². The summed E-state index contributed by atoms with van der Waals surface area (Å²) in [4.78, 5) is 20.9. The molecule has 10 heteroatoms. The van der Waals surface area contributed by atoms with Gasteiger partial charge in [0.15, 0.2) is 12.3 Å². The van der Waals surface area contributed by atoms with E-state index in [1.165, 1.54) is 17.8 Å². The Bertz CT molecular complexity index is 1070. The average molecular weight is 418 g/mol. The van der Waals surface area contributed by atoms with E-state index in [0.717, 1.165) is 5.56 Å². The number of ether oxygens (including phenoxy) is 1. The lowest BCUT2D eigenvalue weighted by Gasteiger charge is -2.25. The van der Waals surface area contributed by atoms with E-state index in [4.69, 9.17) is 22.1 Å². The molecule has 1 aliphatic rings. The minimum absolute atomic E-state index is 0.252. The lowest BCUT2D eigenvalue weighted by molar-refractivity contribution is -0.137. The molecule has 0 bridgehead atoms.